The molecule has 1 fully saturated rings. The van der Waals surface area contributed by atoms with Crippen LogP contribution in [0.1, 0.15) is 49.3 Å². The van der Waals surface area contributed by atoms with Crippen LogP contribution in [0.5, 0.6) is 0 Å². The SMILES string of the molecule is [B]C1([B])OC(N)=NC12c1cc(/C=N/OCC)ccc1CC21CCC(OC)CC1. The van der Waals surface area contributed by atoms with Gasteiger partial charge in [-0.15, -0.1) is 0 Å². The number of aliphatic imine (C=N–C) groups is 1. The third-order valence-electron chi connectivity index (χ3n) is 6.57. The number of nitrogens with two attached hydrogens (primary N) is 1. The van der Waals surface area contributed by atoms with Crippen molar-refractivity contribution in [1.29, 1.82) is 0 Å². The molecule has 2 N–H and O–H groups in total. The highest BCUT2D eigenvalue weighted by molar-refractivity contribution is 6.41. The first-order valence-electron chi connectivity index (χ1n) is 9.81. The minimum Gasteiger partial charge on any atom is -0.476 e. The van der Waals surface area contributed by atoms with E-state index < -0.39 is 10.9 Å². The lowest BCUT2D eigenvalue weighted by Crippen LogP contribution is -2.59. The molecule has 1 saturated carbocycles. The molecule has 1 aromatic carbocycles. The van der Waals surface area contributed by atoms with E-state index in [-0.39, 0.29) is 17.5 Å². The molecule has 1 unspecified atom stereocenters. The van der Waals surface area contributed by atoms with Crippen molar-refractivity contribution in [2.24, 2.45) is 21.3 Å². The Kier molecular flexibility index (Phi) is 4.73. The van der Waals surface area contributed by atoms with Gasteiger partial charge in [0.15, 0.2) is 0 Å². The summed E-state index contributed by atoms with van der Waals surface area (Å²) < 4.78 is 11.2. The van der Waals surface area contributed by atoms with Crippen molar-refractivity contribution in [3.8, 4) is 0 Å². The summed E-state index contributed by atoms with van der Waals surface area (Å²) in [5.74, 6) is 0. The van der Waals surface area contributed by atoms with Crippen LogP contribution in [-0.2, 0) is 26.3 Å². The van der Waals surface area contributed by atoms with Gasteiger partial charge in [0.25, 0.3) is 6.02 Å². The smallest absolute Gasteiger partial charge is 0.281 e. The van der Waals surface area contributed by atoms with Crippen LogP contribution in [0, 0.1) is 5.41 Å². The highest BCUT2D eigenvalue weighted by Gasteiger charge is 2.67. The lowest BCUT2D eigenvalue weighted by Gasteiger charge is -2.52. The van der Waals surface area contributed by atoms with Crippen LogP contribution in [0.15, 0.2) is 28.3 Å². The lowest BCUT2D eigenvalue weighted by atomic mass is 9.45. The van der Waals surface area contributed by atoms with E-state index in [0.717, 1.165) is 43.2 Å². The van der Waals surface area contributed by atoms with Gasteiger partial charge in [-0.25, -0.2) is 4.99 Å². The third-order valence-corrected chi connectivity index (χ3v) is 6.57. The maximum Gasteiger partial charge on any atom is 0.281 e. The molecule has 4 rings (SSSR count). The Hall–Kier alpha value is -1.95. The summed E-state index contributed by atoms with van der Waals surface area (Å²) in [4.78, 5) is 9.88. The second-order valence-electron chi connectivity index (χ2n) is 8.02. The Morgan fingerprint density at radius 2 is 2.11 bits per heavy atom. The minimum absolute atomic E-state index is 0.0412. The molecule has 0 aromatic heterocycles. The molecule has 0 saturated heterocycles. The molecular formula is C20H25B2N3O3. The van der Waals surface area contributed by atoms with Crippen LogP contribution in [-0.4, -0.2) is 53.1 Å². The van der Waals surface area contributed by atoms with Crippen LogP contribution < -0.4 is 5.73 Å². The Bertz CT molecular complexity index is 819. The minimum atomic E-state index is -1.52. The van der Waals surface area contributed by atoms with E-state index in [1.54, 1.807) is 13.3 Å². The number of oxime groups is 1. The molecule has 6 nitrogen and oxygen atoms in total. The zero-order valence-electron chi connectivity index (χ0n) is 16.5. The number of amidine groups is 1. The first kappa shape index (κ1) is 19.4. The van der Waals surface area contributed by atoms with Crippen LogP contribution in [0.2, 0.25) is 0 Å². The second-order valence-corrected chi connectivity index (χ2v) is 8.02. The average molecular weight is 377 g/mol. The molecule has 1 aromatic rings. The maximum absolute atomic E-state index is 6.54. The fraction of sp³-hybridized carbons (Fsp3) is 0.600. The van der Waals surface area contributed by atoms with Crippen LogP contribution in [0.25, 0.3) is 0 Å². The van der Waals surface area contributed by atoms with E-state index in [1.807, 2.05) is 19.1 Å². The number of benzene rings is 1. The van der Waals surface area contributed by atoms with Crippen LogP contribution in [0.3, 0.4) is 0 Å². The molecule has 2 aliphatic carbocycles. The highest BCUT2D eigenvalue weighted by atomic mass is 16.6. The van der Waals surface area contributed by atoms with Gasteiger partial charge in [0.05, 0.1) is 17.7 Å². The van der Waals surface area contributed by atoms with E-state index in [0.29, 0.717) is 6.61 Å². The van der Waals surface area contributed by atoms with E-state index in [2.05, 4.69) is 11.2 Å². The van der Waals surface area contributed by atoms with Crippen molar-refractivity contribution >= 4 is 27.9 Å². The van der Waals surface area contributed by atoms with Gasteiger partial charge < -0.3 is 20.0 Å². The number of nitrogens with zero attached hydrogens (tertiary/aromatic N) is 2. The van der Waals surface area contributed by atoms with Gasteiger partial charge in [0.1, 0.15) is 27.8 Å². The van der Waals surface area contributed by atoms with E-state index >= 15 is 0 Å². The number of methoxy groups -OCH3 is 1. The van der Waals surface area contributed by atoms with E-state index in [4.69, 9.17) is 40.7 Å². The molecule has 0 amide bonds. The molecular weight excluding hydrogens is 352 g/mol. The molecule has 2 spiro atoms. The Balaban J connectivity index is 1.83. The number of hydrogen-bond donors (Lipinski definition) is 1. The molecule has 4 radical (unpaired) electrons. The van der Waals surface area contributed by atoms with Crippen LogP contribution in [0.4, 0.5) is 0 Å². The molecule has 1 atom stereocenters. The maximum atomic E-state index is 6.54. The van der Waals surface area contributed by atoms with Gasteiger partial charge in [0.2, 0.25) is 0 Å². The monoisotopic (exact) mass is 377 g/mol. The summed E-state index contributed by atoms with van der Waals surface area (Å²) in [6, 6.07) is 6.20. The average Bonchev–Trinajstić information content (AvgIpc) is 3.07. The van der Waals surface area contributed by atoms with Gasteiger partial charge >= 0.3 is 0 Å². The highest BCUT2D eigenvalue weighted by Crippen LogP contribution is 2.64. The Morgan fingerprint density at radius 1 is 1.36 bits per heavy atom. The van der Waals surface area contributed by atoms with Gasteiger partial charge in [-0.2, -0.15) is 0 Å². The zero-order chi connectivity index (χ0) is 20.0. The molecule has 144 valence electrons. The van der Waals surface area contributed by atoms with Gasteiger partial charge in [-0.05, 0) is 61.8 Å². The molecule has 8 heteroatoms. The van der Waals surface area contributed by atoms with Crippen molar-refractivity contribution in [2.45, 2.75) is 56.1 Å². The standard InChI is InChI=1S/C20H25B2N3O3/c1-3-27-24-12-13-4-5-14-11-18(8-6-15(26-2)7-9-18)19(16(14)10-13)20(21,22)28-17(23)25-19/h4-5,10,12,15H,3,6-9,11H2,1-2H3,(H2,23,25)/b24-12+. The largest absolute Gasteiger partial charge is 0.476 e. The van der Waals surface area contributed by atoms with Crippen molar-refractivity contribution < 1.29 is 14.3 Å². The summed E-state index contributed by atoms with van der Waals surface area (Å²) in [6.45, 7) is 2.40. The van der Waals surface area contributed by atoms with Gasteiger partial charge in [-0.1, -0.05) is 17.3 Å². The third kappa shape index (κ3) is 2.68. The van der Waals surface area contributed by atoms with E-state index in [9.17, 15) is 0 Å². The van der Waals surface area contributed by atoms with Crippen molar-refractivity contribution in [3.63, 3.8) is 0 Å². The summed E-state index contributed by atoms with van der Waals surface area (Å²) >= 11 is 0. The lowest BCUT2D eigenvalue weighted by molar-refractivity contribution is -0.0256. The summed E-state index contributed by atoms with van der Waals surface area (Å²) in [6.07, 6.45) is 6.39. The molecule has 1 heterocycles. The first-order valence-corrected chi connectivity index (χ1v) is 9.81. The van der Waals surface area contributed by atoms with Crippen molar-refractivity contribution in [2.75, 3.05) is 13.7 Å². The fourth-order valence-electron chi connectivity index (χ4n) is 5.36. The molecule has 28 heavy (non-hydrogen) atoms. The topological polar surface area (TPSA) is 78.4 Å². The number of hydrogen-bond acceptors (Lipinski definition) is 6. The Labute approximate surface area is 168 Å². The molecule has 1 aliphatic heterocycles. The second kappa shape index (κ2) is 6.83. The molecule has 0 bridgehead atoms. The quantitative estimate of drug-likeness (QED) is 0.493. The zero-order valence-corrected chi connectivity index (χ0v) is 16.5. The predicted molar refractivity (Wildman–Crippen MR) is 110 cm³/mol. The molecule has 3 aliphatic rings. The Morgan fingerprint density at radius 3 is 2.71 bits per heavy atom. The number of fused-ring (bicyclic) bond motifs is 3. The van der Waals surface area contributed by atoms with Crippen LogP contribution >= 0.6 is 0 Å². The fourth-order valence-corrected chi connectivity index (χ4v) is 5.36. The van der Waals surface area contributed by atoms with Crippen molar-refractivity contribution in [1.82, 2.24) is 0 Å². The number of ether oxygens (including phenoxy) is 2. The predicted octanol–water partition coefficient (Wildman–Crippen LogP) is 1.72. The summed E-state index contributed by atoms with van der Waals surface area (Å²) in [7, 11) is 14.8. The summed E-state index contributed by atoms with van der Waals surface area (Å²) in [5, 5.41) is 2.47. The van der Waals surface area contributed by atoms with E-state index in [1.165, 1.54) is 5.56 Å². The normalized spacial score (nSPS) is 33.2. The number of rotatable bonds is 4. The summed E-state index contributed by atoms with van der Waals surface area (Å²) in [5.41, 5.74) is 7.84. The van der Waals surface area contributed by atoms with Crippen molar-refractivity contribution in [3.05, 3.63) is 34.9 Å². The van der Waals surface area contributed by atoms with Gasteiger partial charge in [0, 0.05) is 12.5 Å². The van der Waals surface area contributed by atoms with Gasteiger partial charge in [-0.3, -0.25) is 0 Å². The first-order chi connectivity index (χ1) is 13.4.